The maximum atomic E-state index is 12.2. The molecule has 0 spiro atoms. The van der Waals surface area contributed by atoms with Gasteiger partial charge in [-0.05, 0) is 48.4 Å². The van der Waals surface area contributed by atoms with Crippen LogP contribution < -0.4 is 4.72 Å². The average Bonchev–Trinajstić information content (AvgIpc) is 2.32. The van der Waals surface area contributed by atoms with Crippen molar-refractivity contribution in [2.45, 2.75) is 11.8 Å². The molecule has 2 aromatic carbocycles. The van der Waals surface area contributed by atoms with Gasteiger partial charge < -0.3 is 0 Å². The van der Waals surface area contributed by atoms with Gasteiger partial charge in [0.15, 0.2) is 0 Å². The molecule has 0 saturated heterocycles. The summed E-state index contributed by atoms with van der Waals surface area (Å²) in [7, 11) is -3.66. The third-order valence-electron chi connectivity index (χ3n) is 2.55. The fourth-order valence-electron chi connectivity index (χ4n) is 1.61. The largest absolute Gasteiger partial charge is 0.280 e. The number of anilines is 1. The molecule has 0 aliphatic rings. The van der Waals surface area contributed by atoms with Gasteiger partial charge in [0.05, 0.1) is 4.90 Å². The minimum absolute atomic E-state index is 0.0795. The van der Waals surface area contributed by atoms with Gasteiger partial charge in [0.2, 0.25) is 0 Å². The van der Waals surface area contributed by atoms with Crippen LogP contribution in [0.3, 0.4) is 0 Å². The van der Waals surface area contributed by atoms with Gasteiger partial charge in [0, 0.05) is 17.6 Å². The Bertz CT molecular complexity index is 711. The third-order valence-corrected chi connectivity index (χ3v) is 4.27. The van der Waals surface area contributed by atoms with E-state index in [1.54, 1.807) is 18.2 Å². The number of hydrogen-bond acceptors (Lipinski definition) is 2. The standard InChI is InChI=1S/C14H12ClNO2S/c1-10-4-3-5-12(8-10)16-19(17,18)13-6-7-14(15)11(2)9-13/h2-9,16H,1H3. The summed E-state index contributed by atoms with van der Waals surface area (Å²) in [6, 6.07) is 11.3. The molecule has 5 heteroatoms. The Balaban J connectivity index is 2.35. The van der Waals surface area contributed by atoms with E-state index in [-0.39, 0.29) is 10.5 Å². The van der Waals surface area contributed by atoms with E-state index in [4.69, 9.17) is 18.5 Å². The van der Waals surface area contributed by atoms with E-state index < -0.39 is 10.0 Å². The van der Waals surface area contributed by atoms with Crippen LogP contribution in [0.5, 0.6) is 0 Å². The lowest BCUT2D eigenvalue weighted by molar-refractivity contribution is 0.601. The number of halogens is 1. The van der Waals surface area contributed by atoms with Gasteiger partial charge >= 0.3 is 0 Å². The molecule has 3 nitrogen and oxygen atoms in total. The van der Waals surface area contributed by atoms with Crippen LogP contribution in [-0.4, -0.2) is 8.42 Å². The van der Waals surface area contributed by atoms with Crippen molar-refractivity contribution in [1.29, 1.82) is 0 Å². The van der Waals surface area contributed by atoms with Gasteiger partial charge in [-0.25, -0.2) is 8.42 Å². The average molecular weight is 294 g/mol. The van der Waals surface area contributed by atoms with Crippen molar-refractivity contribution < 1.29 is 8.42 Å². The fraction of sp³-hybridized carbons (Fsp3) is 0.0714. The lowest BCUT2D eigenvalue weighted by atomic mass is 10.2. The summed E-state index contributed by atoms with van der Waals surface area (Å²) in [5.41, 5.74) is 1.71. The van der Waals surface area contributed by atoms with Crippen molar-refractivity contribution >= 4 is 27.3 Å². The van der Waals surface area contributed by atoms with Crippen LogP contribution in [0.15, 0.2) is 47.4 Å². The highest BCUT2D eigenvalue weighted by Gasteiger charge is 2.15. The molecular weight excluding hydrogens is 282 g/mol. The smallest absolute Gasteiger partial charge is 0.261 e. The first-order valence-electron chi connectivity index (χ1n) is 5.53. The summed E-state index contributed by atoms with van der Waals surface area (Å²) in [6.45, 7) is 7.50. The number of aryl methyl sites for hydroxylation is 1. The van der Waals surface area contributed by atoms with Gasteiger partial charge in [-0.15, -0.1) is 0 Å². The van der Waals surface area contributed by atoms with Crippen LogP contribution in [-0.2, 0) is 10.0 Å². The Morgan fingerprint density at radius 3 is 2.53 bits per heavy atom. The first kappa shape index (κ1) is 13.9. The first-order valence-corrected chi connectivity index (χ1v) is 7.39. The normalized spacial score (nSPS) is 11.3. The van der Waals surface area contributed by atoms with E-state index in [1.807, 2.05) is 13.0 Å². The van der Waals surface area contributed by atoms with Crippen LogP contribution in [0.2, 0.25) is 5.02 Å². The molecule has 0 saturated carbocycles. The van der Waals surface area contributed by atoms with Gasteiger partial charge in [-0.1, -0.05) is 23.7 Å². The molecule has 0 aliphatic heterocycles. The molecule has 0 aromatic heterocycles. The van der Waals surface area contributed by atoms with E-state index in [2.05, 4.69) is 4.72 Å². The molecule has 0 atom stereocenters. The van der Waals surface area contributed by atoms with Crippen molar-refractivity contribution in [3.63, 3.8) is 0 Å². The molecule has 98 valence electrons. The lowest BCUT2D eigenvalue weighted by Gasteiger charge is -2.09. The number of benzene rings is 2. The highest BCUT2D eigenvalue weighted by Crippen LogP contribution is 2.22. The van der Waals surface area contributed by atoms with Crippen LogP contribution in [0.1, 0.15) is 11.1 Å². The predicted molar refractivity (Wildman–Crippen MR) is 76.8 cm³/mol. The highest BCUT2D eigenvalue weighted by atomic mass is 35.5. The van der Waals surface area contributed by atoms with E-state index in [0.717, 1.165) is 5.56 Å². The molecule has 0 fully saturated rings. The molecule has 0 aliphatic carbocycles. The first-order chi connectivity index (χ1) is 8.88. The minimum atomic E-state index is -3.66. The number of sulfonamides is 1. The van der Waals surface area contributed by atoms with Gasteiger partial charge in [-0.2, -0.15) is 0 Å². The molecular formula is C14H12ClNO2S. The van der Waals surface area contributed by atoms with E-state index in [9.17, 15) is 8.42 Å². The van der Waals surface area contributed by atoms with E-state index in [1.165, 1.54) is 18.2 Å². The summed E-state index contributed by atoms with van der Waals surface area (Å²) in [6.07, 6.45) is 0. The molecule has 2 aromatic rings. The summed E-state index contributed by atoms with van der Waals surface area (Å²) >= 11 is 5.77. The second kappa shape index (κ2) is 5.23. The van der Waals surface area contributed by atoms with Gasteiger partial charge in [-0.3, -0.25) is 4.72 Å². The maximum absolute atomic E-state index is 12.2. The highest BCUT2D eigenvalue weighted by molar-refractivity contribution is 7.92. The zero-order chi connectivity index (χ0) is 14.0. The Morgan fingerprint density at radius 1 is 1.16 bits per heavy atom. The van der Waals surface area contributed by atoms with Gasteiger partial charge in [0.25, 0.3) is 10.0 Å². The van der Waals surface area contributed by atoms with Crippen LogP contribution >= 0.6 is 11.6 Å². The third kappa shape index (κ3) is 3.28. The number of hydrogen-bond donors (Lipinski definition) is 1. The molecule has 0 unspecified atom stereocenters. The van der Waals surface area contributed by atoms with E-state index in [0.29, 0.717) is 10.7 Å². The predicted octanol–water partition coefficient (Wildman–Crippen LogP) is 3.51. The molecule has 0 amide bonds. The maximum Gasteiger partial charge on any atom is 0.261 e. The van der Waals surface area contributed by atoms with Crippen molar-refractivity contribution in [2.24, 2.45) is 0 Å². The lowest BCUT2D eigenvalue weighted by Crippen LogP contribution is -2.13. The number of rotatable bonds is 3. The van der Waals surface area contributed by atoms with Crippen LogP contribution in [0.4, 0.5) is 5.69 Å². The van der Waals surface area contributed by atoms with Crippen molar-refractivity contribution in [3.8, 4) is 0 Å². The zero-order valence-corrected chi connectivity index (χ0v) is 11.8. The molecule has 0 bridgehead atoms. The molecule has 0 heterocycles. The monoisotopic (exact) mass is 293 g/mol. The second-order valence-electron chi connectivity index (χ2n) is 4.16. The van der Waals surface area contributed by atoms with Crippen molar-refractivity contribution in [3.05, 3.63) is 65.5 Å². The Kier molecular flexibility index (Phi) is 3.83. The Hall–Kier alpha value is -1.52. The summed E-state index contributed by atoms with van der Waals surface area (Å²) in [5, 5.41) is 0.328. The topological polar surface area (TPSA) is 46.2 Å². The fourth-order valence-corrected chi connectivity index (χ4v) is 2.81. The minimum Gasteiger partial charge on any atom is -0.280 e. The Morgan fingerprint density at radius 2 is 1.89 bits per heavy atom. The Labute approximate surface area is 118 Å². The van der Waals surface area contributed by atoms with Crippen LogP contribution in [0, 0.1) is 13.8 Å². The van der Waals surface area contributed by atoms with Crippen LogP contribution in [0.25, 0.3) is 0 Å². The second-order valence-corrected chi connectivity index (χ2v) is 6.25. The molecule has 1 N–H and O–H groups in total. The summed E-state index contributed by atoms with van der Waals surface area (Å²) < 4.78 is 26.8. The SMILES string of the molecule is [CH]c1cc(S(=O)(=O)Nc2cccc(C)c2)ccc1Cl. The molecule has 2 rings (SSSR count). The summed E-state index contributed by atoms with van der Waals surface area (Å²) in [5.74, 6) is 0. The van der Waals surface area contributed by atoms with Crippen molar-refractivity contribution in [2.75, 3.05) is 4.72 Å². The van der Waals surface area contributed by atoms with Crippen molar-refractivity contribution in [1.82, 2.24) is 0 Å². The summed E-state index contributed by atoms with van der Waals surface area (Å²) in [4.78, 5) is 0.0795. The molecule has 2 radical (unpaired) electrons. The quantitative estimate of drug-likeness (QED) is 0.941. The van der Waals surface area contributed by atoms with E-state index >= 15 is 0 Å². The number of nitrogens with one attached hydrogen (secondary N) is 1. The molecule has 19 heavy (non-hydrogen) atoms. The zero-order valence-electron chi connectivity index (χ0n) is 10.2. The van der Waals surface area contributed by atoms with Gasteiger partial charge in [0.1, 0.15) is 0 Å².